The maximum atomic E-state index is 12.6. The summed E-state index contributed by atoms with van der Waals surface area (Å²) in [7, 11) is 1.18. The first-order chi connectivity index (χ1) is 11.5. The molecule has 0 bridgehead atoms. The number of anilines is 1. The number of halogens is 1. The van der Waals surface area contributed by atoms with Gasteiger partial charge in [-0.1, -0.05) is 11.6 Å². The zero-order valence-electron chi connectivity index (χ0n) is 13.0. The first-order valence-corrected chi connectivity index (χ1v) is 7.89. The van der Waals surface area contributed by atoms with Crippen LogP contribution in [-0.4, -0.2) is 42.1 Å². The van der Waals surface area contributed by atoms with Crippen molar-refractivity contribution in [3.63, 3.8) is 0 Å². The van der Waals surface area contributed by atoms with Gasteiger partial charge in [-0.05, 0) is 31.0 Å². The molecule has 1 aromatic heterocycles. The van der Waals surface area contributed by atoms with Gasteiger partial charge < -0.3 is 14.6 Å². The van der Waals surface area contributed by atoms with E-state index in [1.165, 1.54) is 13.2 Å². The maximum absolute atomic E-state index is 12.6. The van der Waals surface area contributed by atoms with Crippen molar-refractivity contribution in [2.75, 3.05) is 25.5 Å². The number of pyridine rings is 1. The SMILES string of the molecule is COC(=O)c1c(NC(=O)N2CCCC2)[nH]c2cc(Cl)ccc2c1=O. The minimum atomic E-state index is -0.815. The Morgan fingerprint density at radius 2 is 2.00 bits per heavy atom. The average molecular weight is 350 g/mol. The molecular formula is C16H16ClN3O4. The first-order valence-electron chi connectivity index (χ1n) is 7.51. The minimum absolute atomic E-state index is 0.0125. The number of rotatable bonds is 2. The van der Waals surface area contributed by atoms with Crippen LogP contribution in [0.2, 0.25) is 5.02 Å². The van der Waals surface area contributed by atoms with Gasteiger partial charge in [0.15, 0.2) is 0 Å². The Bertz CT molecular complexity index is 871. The summed E-state index contributed by atoms with van der Waals surface area (Å²) in [4.78, 5) is 41.5. The molecular weight excluding hydrogens is 334 g/mol. The summed E-state index contributed by atoms with van der Waals surface area (Å²) >= 11 is 5.95. The van der Waals surface area contributed by atoms with Crippen LogP contribution in [0.25, 0.3) is 10.9 Å². The summed E-state index contributed by atoms with van der Waals surface area (Å²) < 4.78 is 4.69. The number of carbonyl (C=O) groups is 2. The van der Waals surface area contributed by atoms with Gasteiger partial charge >= 0.3 is 12.0 Å². The summed E-state index contributed by atoms with van der Waals surface area (Å²) in [5, 5.41) is 3.33. The number of esters is 1. The molecule has 0 spiro atoms. The number of ether oxygens (including phenoxy) is 1. The second-order valence-corrected chi connectivity index (χ2v) is 5.95. The van der Waals surface area contributed by atoms with Crippen LogP contribution >= 0.6 is 11.6 Å². The lowest BCUT2D eigenvalue weighted by molar-refractivity contribution is 0.0600. The first kappa shape index (κ1) is 16.3. The molecule has 24 heavy (non-hydrogen) atoms. The molecule has 0 aliphatic carbocycles. The average Bonchev–Trinajstić information content (AvgIpc) is 3.08. The molecule has 0 saturated carbocycles. The van der Waals surface area contributed by atoms with Crippen molar-refractivity contribution in [1.29, 1.82) is 0 Å². The fraction of sp³-hybridized carbons (Fsp3) is 0.312. The molecule has 0 atom stereocenters. The number of hydrogen-bond donors (Lipinski definition) is 2. The molecule has 2 aromatic rings. The minimum Gasteiger partial charge on any atom is -0.465 e. The molecule has 2 N–H and O–H groups in total. The molecule has 1 aliphatic heterocycles. The topological polar surface area (TPSA) is 91.5 Å². The Morgan fingerprint density at radius 3 is 2.67 bits per heavy atom. The van der Waals surface area contributed by atoms with E-state index in [1.54, 1.807) is 17.0 Å². The molecule has 1 saturated heterocycles. The third-order valence-electron chi connectivity index (χ3n) is 3.98. The zero-order chi connectivity index (χ0) is 17.3. The number of fused-ring (bicyclic) bond motifs is 1. The molecule has 3 rings (SSSR count). The molecule has 1 aromatic carbocycles. The van der Waals surface area contributed by atoms with Crippen LogP contribution in [0, 0.1) is 0 Å². The van der Waals surface area contributed by atoms with E-state index in [-0.39, 0.29) is 17.4 Å². The van der Waals surface area contributed by atoms with E-state index in [0.717, 1.165) is 12.8 Å². The van der Waals surface area contributed by atoms with E-state index in [2.05, 4.69) is 15.0 Å². The van der Waals surface area contributed by atoms with Crippen LogP contribution < -0.4 is 10.7 Å². The van der Waals surface area contributed by atoms with Gasteiger partial charge in [0.2, 0.25) is 5.43 Å². The highest BCUT2D eigenvalue weighted by Crippen LogP contribution is 2.21. The van der Waals surface area contributed by atoms with Gasteiger partial charge in [0.25, 0.3) is 0 Å². The fourth-order valence-corrected chi connectivity index (χ4v) is 2.93. The van der Waals surface area contributed by atoms with Crippen LogP contribution in [0.1, 0.15) is 23.2 Å². The van der Waals surface area contributed by atoms with Gasteiger partial charge in [-0.15, -0.1) is 0 Å². The van der Waals surface area contributed by atoms with E-state index in [9.17, 15) is 14.4 Å². The smallest absolute Gasteiger partial charge is 0.345 e. The van der Waals surface area contributed by atoms with Crippen molar-refractivity contribution in [3.8, 4) is 0 Å². The van der Waals surface area contributed by atoms with E-state index in [4.69, 9.17) is 11.6 Å². The van der Waals surface area contributed by atoms with E-state index < -0.39 is 11.4 Å². The Kier molecular flexibility index (Phi) is 4.44. The van der Waals surface area contributed by atoms with Crippen molar-refractivity contribution < 1.29 is 14.3 Å². The Hall–Kier alpha value is -2.54. The van der Waals surface area contributed by atoms with Gasteiger partial charge in [-0.2, -0.15) is 0 Å². The third-order valence-corrected chi connectivity index (χ3v) is 4.21. The molecule has 1 fully saturated rings. The second-order valence-electron chi connectivity index (χ2n) is 5.51. The van der Waals surface area contributed by atoms with E-state index >= 15 is 0 Å². The number of carbonyl (C=O) groups excluding carboxylic acids is 2. The van der Waals surface area contributed by atoms with E-state index in [1.807, 2.05) is 0 Å². The van der Waals surface area contributed by atoms with E-state index in [0.29, 0.717) is 29.0 Å². The van der Waals surface area contributed by atoms with Crippen molar-refractivity contribution in [2.45, 2.75) is 12.8 Å². The predicted octanol–water partition coefficient (Wildman–Crippen LogP) is 2.60. The van der Waals surface area contributed by atoms with Crippen molar-refractivity contribution in [2.24, 2.45) is 0 Å². The number of hydrogen-bond acceptors (Lipinski definition) is 4. The molecule has 0 radical (unpaired) electrons. The number of urea groups is 1. The molecule has 2 heterocycles. The lowest BCUT2D eigenvalue weighted by atomic mass is 10.1. The summed E-state index contributed by atoms with van der Waals surface area (Å²) in [6, 6.07) is 4.28. The van der Waals surface area contributed by atoms with Gasteiger partial charge in [-0.3, -0.25) is 10.1 Å². The zero-order valence-corrected chi connectivity index (χ0v) is 13.8. The maximum Gasteiger partial charge on any atom is 0.345 e. The monoisotopic (exact) mass is 349 g/mol. The van der Waals surface area contributed by atoms with Crippen molar-refractivity contribution in [1.82, 2.24) is 9.88 Å². The number of amides is 2. The van der Waals surface area contributed by atoms with Crippen LogP contribution in [0.3, 0.4) is 0 Å². The summed E-state index contributed by atoms with van der Waals surface area (Å²) in [6.45, 7) is 1.28. The molecule has 0 unspecified atom stereocenters. The largest absolute Gasteiger partial charge is 0.465 e. The number of benzene rings is 1. The Balaban J connectivity index is 2.11. The molecule has 126 valence electrons. The van der Waals surface area contributed by atoms with Gasteiger partial charge in [0.1, 0.15) is 11.4 Å². The number of H-pyrrole nitrogens is 1. The van der Waals surface area contributed by atoms with Crippen molar-refractivity contribution in [3.05, 3.63) is 39.0 Å². The Labute approximate surface area is 142 Å². The highest BCUT2D eigenvalue weighted by molar-refractivity contribution is 6.31. The normalized spacial score (nSPS) is 14.0. The van der Waals surface area contributed by atoms with Crippen LogP contribution in [0.5, 0.6) is 0 Å². The number of methoxy groups -OCH3 is 1. The van der Waals surface area contributed by atoms with Gasteiger partial charge in [0.05, 0.1) is 12.6 Å². The van der Waals surface area contributed by atoms with Crippen LogP contribution in [0.15, 0.2) is 23.0 Å². The van der Waals surface area contributed by atoms with Gasteiger partial charge in [0, 0.05) is 23.5 Å². The lowest BCUT2D eigenvalue weighted by Crippen LogP contribution is -2.34. The standard InChI is InChI=1S/C16H16ClN3O4/c1-24-15(22)12-13(21)10-5-4-9(17)8-11(10)18-14(12)19-16(23)20-6-2-3-7-20/h4-5,8H,2-3,6-7H2,1H3,(H2,18,19,21,23). The number of likely N-dealkylation sites (tertiary alicyclic amines) is 1. The quantitative estimate of drug-likeness (QED) is 0.815. The highest BCUT2D eigenvalue weighted by Gasteiger charge is 2.24. The van der Waals surface area contributed by atoms with Crippen molar-refractivity contribution >= 4 is 40.3 Å². The molecule has 2 amide bonds. The summed E-state index contributed by atoms with van der Waals surface area (Å²) in [6.07, 6.45) is 1.86. The van der Waals surface area contributed by atoms with Gasteiger partial charge in [-0.25, -0.2) is 9.59 Å². The number of aromatic nitrogens is 1. The lowest BCUT2D eigenvalue weighted by Gasteiger charge is -2.17. The number of aromatic amines is 1. The predicted molar refractivity (Wildman–Crippen MR) is 90.7 cm³/mol. The van der Waals surface area contributed by atoms with Crippen LogP contribution in [0.4, 0.5) is 10.6 Å². The second kappa shape index (κ2) is 6.52. The highest BCUT2D eigenvalue weighted by atomic mass is 35.5. The third kappa shape index (κ3) is 2.94. The molecule has 1 aliphatic rings. The summed E-state index contributed by atoms with van der Waals surface area (Å²) in [5.41, 5.74) is -0.333. The van der Waals surface area contributed by atoms with Crippen LogP contribution in [-0.2, 0) is 4.74 Å². The molecule has 7 nitrogen and oxygen atoms in total. The summed E-state index contributed by atoms with van der Waals surface area (Å²) in [5.74, 6) is -0.802. The fourth-order valence-electron chi connectivity index (χ4n) is 2.76. The Morgan fingerprint density at radius 1 is 1.29 bits per heavy atom. The number of nitrogens with zero attached hydrogens (tertiary/aromatic N) is 1. The number of nitrogens with one attached hydrogen (secondary N) is 2. The molecule has 8 heteroatoms.